The Morgan fingerprint density at radius 3 is 3.06 bits per heavy atom. The lowest BCUT2D eigenvalue weighted by atomic mass is 10.2. The number of amides is 1. The van der Waals surface area contributed by atoms with Crippen molar-refractivity contribution in [1.29, 1.82) is 0 Å². The number of anilines is 1. The first-order valence-electron chi connectivity index (χ1n) is 6.13. The molecule has 0 spiro atoms. The number of aromatic nitrogens is 2. The maximum absolute atomic E-state index is 12.1. The Hall–Kier alpha value is -1.69. The molecular weight excluding hydrogens is 230 g/mol. The Bertz CT molecular complexity index is 434. The van der Waals surface area contributed by atoms with Crippen molar-refractivity contribution in [3.8, 4) is 0 Å². The summed E-state index contributed by atoms with van der Waals surface area (Å²) in [5, 5.41) is 0. The van der Waals surface area contributed by atoms with Gasteiger partial charge < -0.3 is 15.5 Å². The van der Waals surface area contributed by atoms with Gasteiger partial charge in [-0.2, -0.15) is 0 Å². The third kappa shape index (κ3) is 2.43. The van der Waals surface area contributed by atoms with Gasteiger partial charge in [0, 0.05) is 33.4 Å². The van der Waals surface area contributed by atoms with Crippen molar-refractivity contribution in [3.05, 3.63) is 18.0 Å². The predicted molar refractivity (Wildman–Crippen MR) is 69.0 cm³/mol. The maximum atomic E-state index is 12.1. The molecule has 1 saturated heterocycles. The van der Waals surface area contributed by atoms with Gasteiger partial charge in [0.2, 0.25) is 11.9 Å². The van der Waals surface area contributed by atoms with E-state index in [2.05, 4.69) is 9.97 Å². The summed E-state index contributed by atoms with van der Waals surface area (Å²) in [5.41, 5.74) is 6.37. The van der Waals surface area contributed by atoms with Gasteiger partial charge in [-0.05, 0) is 18.9 Å². The van der Waals surface area contributed by atoms with E-state index in [1.165, 1.54) is 0 Å². The molecule has 0 aromatic carbocycles. The van der Waals surface area contributed by atoms with E-state index in [-0.39, 0.29) is 11.9 Å². The molecule has 2 heterocycles. The summed E-state index contributed by atoms with van der Waals surface area (Å²) in [4.78, 5) is 24.3. The summed E-state index contributed by atoms with van der Waals surface area (Å²) in [7, 11) is 3.55. The first-order chi connectivity index (χ1) is 8.63. The van der Waals surface area contributed by atoms with Crippen molar-refractivity contribution in [2.75, 3.05) is 25.5 Å². The lowest BCUT2D eigenvalue weighted by molar-refractivity contribution is -0.129. The van der Waals surface area contributed by atoms with Gasteiger partial charge >= 0.3 is 0 Å². The summed E-state index contributed by atoms with van der Waals surface area (Å²) in [5.74, 6) is 0.713. The number of nitrogens with zero attached hydrogens (tertiary/aromatic N) is 4. The fraction of sp³-hybridized carbons (Fsp3) is 0.583. The first kappa shape index (κ1) is 12.8. The smallest absolute Gasteiger partial charge is 0.244 e. The van der Waals surface area contributed by atoms with E-state index in [1.54, 1.807) is 31.3 Å². The van der Waals surface area contributed by atoms with Gasteiger partial charge in [0.05, 0.1) is 5.69 Å². The molecule has 18 heavy (non-hydrogen) atoms. The summed E-state index contributed by atoms with van der Waals surface area (Å²) in [6, 6.07) is 1.65. The van der Waals surface area contributed by atoms with E-state index in [9.17, 15) is 4.79 Å². The van der Waals surface area contributed by atoms with Gasteiger partial charge in [-0.25, -0.2) is 9.97 Å². The number of nitrogens with two attached hydrogens (primary N) is 1. The Labute approximate surface area is 107 Å². The van der Waals surface area contributed by atoms with Crippen LogP contribution in [0.25, 0.3) is 0 Å². The van der Waals surface area contributed by atoms with E-state index in [0.29, 0.717) is 12.5 Å². The van der Waals surface area contributed by atoms with Gasteiger partial charge in [-0.3, -0.25) is 4.79 Å². The van der Waals surface area contributed by atoms with E-state index in [0.717, 1.165) is 25.1 Å². The molecule has 0 aliphatic carbocycles. The van der Waals surface area contributed by atoms with Crippen LogP contribution in [0.5, 0.6) is 0 Å². The van der Waals surface area contributed by atoms with E-state index in [4.69, 9.17) is 5.73 Å². The second-order valence-electron chi connectivity index (χ2n) is 4.64. The average molecular weight is 249 g/mol. The number of carbonyl (C=O) groups excluding carboxylic acids is 1. The zero-order chi connectivity index (χ0) is 13.1. The summed E-state index contributed by atoms with van der Waals surface area (Å²) in [6.45, 7) is 1.20. The standard InChI is InChI=1S/C12H19N5O/c1-16(2)11(18)10-4-3-7-17(10)12-14-6-5-9(8-13)15-12/h5-6,10H,3-4,7-8,13H2,1-2H3. The SMILES string of the molecule is CN(C)C(=O)C1CCCN1c1nccc(CN)n1. The highest BCUT2D eigenvalue weighted by atomic mass is 16.2. The summed E-state index contributed by atoms with van der Waals surface area (Å²) >= 11 is 0. The highest BCUT2D eigenvalue weighted by Crippen LogP contribution is 2.23. The molecule has 98 valence electrons. The molecule has 1 atom stereocenters. The Morgan fingerprint density at radius 1 is 1.61 bits per heavy atom. The molecule has 6 heteroatoms. The summed E-state index contributed by atoms with van der Waals surface area (Å²) < 4.78 is 0. The normalized spacial score (nSPS) is 19.1. The summed E-state index contributed by atoms with van der Waals surface area (Å²) in [6.07, 6.45) is 3.54. The van der Waals surface area contributed by atoms with Gasteiger partial charge in [0.1, 0.15) is 6.04 Å². The van der Waals surface area contributed by atoms with Crippen molar-refractivity contribution in [1.82, 2.24) is 14.9 Å². The number of carbonyl (C=O) groups is 1. The molecule has 1 amide bonds. The van der Waals surface area contributed by atoms with Gasteiger partial charge in [-0.1, -0.05) is 0 Å². The lowest BCUT2D eigenvalue weighted by Crippen LogP contribution is -2.43. The van der Waals surface area contributed by atoms with E-state index < -0.39 is 0 Å². The van der Waals surface area contributed by atoms with Gasteiger partial charge in [0.25, 0.3) is 0 Å². The fourth-order valence-electron chi connectivity index (χ4n) is 2.20. The third-order valence-electron chi connectivity index (χ3n) is 3.15. The number of rotatable bonds is 3. The van der Waals surface area contributed by atoms with Crippen molar-refractivity contribution in [2.24, 2.45) is 5.73 Å². The van der Waals surface area contributed by atoms with Gasteiger partial charge in [-0.15, -0.1) is 0 Å². The minimum atomic E-state index is -0.145. The van der Waals surface area contributed by atoms with Crippen LogP contribution in [0.2, 0.25) is 0 Å². The fourth-order valence-corrected chi connectivity index (χ4v) is 2.20. The molecule has 0 saturated carbocycles. The van der Waals surface area contributed by atoms with Crippen LogP contribution < -0.4 is 10.6 Å². The van der Waals surface area contributed by atoms with Crippen molar-refractivity contribution < 1.29 is 4.79 Å². The number of likely N-dealkylation sites (N-methyl/N-ethyl adjacent to an activating group) is 1. The molecule has 1 aromatic rings. The van der Waals surface area contributed by atoms with Crippen LogP contribution in [0.4, 0.5) is 5.95 Å². The van der Waals surface area contributed by atoms with Crippen LogP contribution in [0.3, 0.4) is 0 Å². The predicted octanol–water partition coefficient (Wildman–Crippen LogP) is -0.00770. The average Bonchev–Trinajstić information content (AvgIpc) is 2.86. The van der Waals surface area contributed by atoms with Crippen LogP contribution in [-0.2, 0) is 11.3 Å². The maximum Gasteiger partial charge on any atom is 0.244 e. The molecule has 2 rings (SSSR count). The van der Waals surface area contributed by atoms with E-state index in [1.807, 2.05) is 4.90 Å². The highest BCUT2D eigenvalue weighted by molar-refractivity contribution is 5.84. The number of hydrogen-bond donors (Lipinski definition) is 1. The topological polar surface area (TPSA) is 75.4 Å². The van der Waals surface area contributed by atoms with Crippen molar-refractivity contribution >= 4 is 11.9 Å². The zero-order valence-corrected chi connectivity index (χ0v) is 10.8. The number of hydrogen-bond acceptors (Lipinski definition) is 5. The molecule has 0 bridgehead atoms. The van der Waals surface area contributed by atoms with Gasteiger partial charge in [0.15, 0.2) is 0 Å². The molecule has 1 unspecified atom stereocenters. The largest absolute Gasteiger partial charge is 0.347 e. The van der Waals surface area contributed by atoms with Crippen LogP contribution >= 0.6 is 0 Å². The second-order valence-corrected chi connectivity index (χ2v) is 4.64. The van der Waals surface area contributed by atoms with Crippen molar-refractivity contribution in [2.45, 2.75) is 25.4 Å². The van der Waals surface area contributed by atoms with Crippen LogP contribution in [0, 0.1) is 0 Å². The zero-order valence-electron chi connectivity index (χ0n) is 10.8. The quantitative estimate of drug-likeness (QED) is 0.815. The molecule has 1 aliphatic rings. The van der Waals surface area contributed by atoms with Crippen LogP contribution in [0.1, 0.15) is 18.5 Å². The molecule has 0 radical (unpaired) electrons. The molecule has 1 fully saturated rings. The Morgan fingerprint density at radius 2 is 2.39 bits per heavy atom. The Kier molecular flexibility index (Phi) is 3.76. The molecule has 2 N–H and O–H groups in total. The van der Waals surface area contributed by atoms with Crippen LogP contribution in [-0.4, -0.2) is 47.5 Å². The monoisotopic (exact) mass is 249 g/mol. The molecular formula is C12H19N5O. The minimum absolute atomic E-state index is 0.106. The third-order valence-corrected chi connectivity index (χ3v) is 3.15. The molecule has 1 aliphatic heterocycles. The first-order valence-corrected chi connectivity index (χ1v) is 6.13. The minimum Gasteiger partial charge on any atom is -0.347 e. The van der Waals surface area contributed by atoms with Crippen molar-refractivity contribution in [3.63, 3.8) is 0 Å². The second kappa shape index (κ2) is 5.30. The van der Waals surface area contributed by atoms with Crippen LogP contribution in [0.15, 0.2) is 12.3 Å². The Balaban J connectivity index is 2.23. The molecule has 6 nitrogen and oxygen atoms in total. The lowest BCUT2D eigenvalue weighted by Gasteiger charge is -2.26. The highest BCUT2D eigenvalue weighted by Gasteiger charge is 2.33. The van der Waals surface area contributed by atoms with E-state index >= 15 is 0 Å². The molecule has 1 aromatic heterocycles.